The second-order valence-corrected chi connectivity index (χ2v) is 11.1. The van der Waals surface area contributed by atoms with E-state index in [1.807, 2.05) is 6.92 Å². The first kappa shape index (κ1) is 19.9. The fourth-order valence-electron chi connectivity index (χ4n) is 2.82. The van der Waals surface area contributed by atoms with Crippen LogP contribution in [0.25, 0.3) is 0 Å². The van der Waals surface area contributed by atoms with Crippen LogP contribution < -0.4 is 4.80 Å². The number of benzene rings is 1. The van der Waals surface area contributed by atoms with E-state index >= 15 is 0 Å². The van der Waals surface area contributed by atoms with Crippen LogP contribution in [0.4, 0.5) is 0 Å². The molecule has 0 aliphatic heterocycles. The Balaban J connectivity index is 2.15. The van der Waals surface area contributed by atoms with Gasteiger partial charge in [0.1, 0.15) is 0 Å². The highest BCUT2D eigenvalue weighted by Gasteiger charge is 2.27. The maximum Gasteiger partial charge on any atom is 0.285 e. The lowest BCUT2D eigenvalue weighted by molar-refractivity contribution is 0.562. The first-order valence-electron chi connectivity index (χ1n) is 8.46. The zero-order chi connectivity index (χ0) is 19.3. The van der Waals surface area contributed by atoms with E-state index in [1.54, 1.807) is 0 Å². The Hall–Kier alpha value is -0.820. The van der Waals surface area contributed by atoms with Gasteiger partial charge in [-0.25, -0.2) is 0 Å². The van der Waals surface area contributed by atoms with Crippen LogP contribution in [0, 0.1) is 12.8 Å². The van der Waals surface area contributed by atoms with E-state index < -0.39 is 10.0 Å². The van der Waals surface area contributed by atoms with Crippen LogP contribution in [-0.2, 0) is 22.0 Å². The third-order valence-corrected chi connectivity index (χ3v) is 8.09. The first-order chi connectivity index (χ1) is 12.0. The smallest absolute Gasteiger partial charge is 0.285 e. The number of nitrogens with zero attached hydrogens (tertiary/aromatic N) is 2. The Morgan fingerprint density at radius 1 is 1.23 bits per heavy atom. The Morgan fingerprint density at radius 2 is 1.88 bits per heavy atom. The summed E-state index contributed by atoms with van der Waals surface area (Å²) in [7, 11) is -3.87. The van der Waals surface area contributed by atoms with Crippen LogP contribution in [-0.4, -0.2) is 13.0 Å². The Kier molecular flexibility index (Phi) is 5.34. The van der Waals surface area contributed by atoms with Crippen molar-refractivity contribution in [3.63, 3.8) is 0 Å². The molecule has 1 heterocycles. The van der Waals surface area contributed by atoms with Gasteiger partial charge in [-0.3, -0.25) is 0 Å². The highest BCUT2D eigenvalue weighted by molar-refractivity contribution is 7.90. The molecule has 0 unspecified atom stereocenters. The molecule has 1 aromatic heterocycles. The third kappa shape index (κ3) is 4.19. The van der Waals surface area contributed by atoms with Gasteiger partial charge in [-0.1, -0.05) is 44.0 Å². The minimum absolute atomic E-state index is 0.0493. The van der Waals surface area contributed by atoms with Gasteiger partial charge < -0.3 is 4.57 Å². The van der Waals surface area contributed by atoms with Crippen molar-refractivity contribution in [3.05, 3.63) is 43.6 Å². The van der Waals surface area contributed by atoms with Crippen molar-refractivity contribution in [1.82, 2.24) is 4.57 Å². The number of aromatic nitrogens is 1. The van der Waals surface area contributed by atoms with E-state index in [2.05, 4.69) is 29.7 Å². The van der Waals surface area contributed by atoms with Crippen LogP contribution in [0.5, 0.6) is 0 Å². The fourth-order valence-corrected chi connectivity index (χ4v) is 5.61. The van der Waals surface area contributed by atoms with Crippen molar-refractivity contribution in [3.8, 4) is 0 Å². The molecule has 0 saturated heterocycles. The topological polar surface area (TPSA) is 51.4 Å². The minimum Gasteiger partial charge on any atom is -0.320 e. The van der Waals surface area contributed by atoms with Crippen molar-refractivity contribution < 1.29 is 8.42 Å². The summed E-state index contributed by atoms with van der Waals surface area (Å²) in [5.41, 5.74) is 1.03. The summed E-state index contributed by atoms with van der Waals surface area (Å²) in [4.78, 5) is 1.72. The molecule has 1 aliphatic rings. The molecular weight excluding hydrogens is 411 g/mol. The second kappa shape index (κ2) is 6.97. The van der Waals surface area contributed by atoms with Crippen LogP contribution in [0.3, 0.4) is 0 Å². The average Bonchev–Trinajstić information content (AvgIpc) is 3.28. The average molecular weight is 433 g/mol. The molecule has 3 rings (SSSR count). The zero-order valence-corrected chi connectivity index (χ0v) is 18.4. The van der Waals surface area contributed by atoms with E-state index in [0.717, 1.165) is 17.1 Å². The van der Waals surface area contributed by atoms with Crippen LogP contribution >= 0.6 is 34.5 Å². The van der Waals surface area contributed by atoms with Gasteiger partial charge in [0.25, 0.3) is 10.0 Å². The molecule has 142 valence electrons. The molecule has 1 aliphatic carbocycles. The molecule has 0 bridgehead atoms. The summed E-state index contributed by atoms with van der Waals surface area (Å²) in [6.45, 7) is 9.25. The molecule has 0 atom stereocenters. The summed E-state index contributed by atoms with van der Waals surface area (Å²) in [6.07, 6.45) is 2.37. The Labute approximate surface area is 168 Å². The predicted octanol–water partition coefficient (Wildman–Crippen LogP) is 5.16. The summed E-state index contributed by atoms with van der Waals surface area (Å²) in [5, 5.41) is 0.517. The molecule has 1 fully saturated rings. The highest BCUT2D eigenvalue weighted by atomic mass is 35.5. The maximum atomic E-state index is 12.8. The second-order valence-electron chi connectivity index (χ2n) is 7.75. The van der Waals surface area contributed by atoms with Gasteiger partial charge in [0.15, 0.2) is 0 Å². The molecule has 8 heteroatoms. The molecule has 4 nitrogen and oxygen atoms in total. The van der Waals surface area contributed by atoms with Gasteiger partial charge in [-0.2, -0.15) is 8.42 Å². The molecule has 0 amide bonds. The number of halogens is 2. The summed E-state index contributed by atoms with van der Waals surface area (Å²) >= 11 is 13.3. The van der Waals surface area contributed by atoms with Gasteiger partial charge in [0.05, 0.1) is 14.9 Å². The van der Waals surface area contributed by atoms with Crippen LogP contribution in [0.15, 0.2) is 27.5 Å². The van der Waals surface area contributed by atoms with E-state index in [0.29, 0.717) is 15.7 Å². The van der Waals surface area contributed by atoms with E-state index in [4.69, 9.17) is 23.2 Å². The van der Waals surface area contributed by atoms with Gasteiger partial charge >= 0.3 is 0 Å². The van der Waals surface area contributed by atoms with Gasteiger partial charge in [-0.05, 0) is 49.3 Å². The molecule has 1 saturated carbocycles. The summed E-state index contributed by atoms with van der Waals surface area (Å²) < 4.78 is 31.8. The summed E-state index contributed by atoms with van der Waals surface area (Å²) in [6, 6.07) is 4.26. The maximum absolute atomic E-state index is 12.8. The lowest BCUT2D eigenvalue weighted by atomic mass is 9.93. The number of hydrogen-bond acceptors (Lipinski definition) is 3. The number of rotatable bonds is 4. The molecular formula is C18H22Cl2N2O2S2. The fraction of sp³-hybridized carbons (Fsp3) is 0.500. The predicted molar refractivity (Wildman–Crippen MR) is 108 cm³/mol. The van der Waals surface area contributed by atoms with Crippen molar-refractivity contribution >= 4 is 44.6 Å². The van der Waals surface area contributed by atoms with E-state index in [-0.39, 0.29) is 15.3 Å². The standard InChI is InChI=1S/C18H22Cl2N2O2S2/c1-11-16(18(2,3)4)25-17(22(11)10-12-5-6-12)21-26(23,24)13-7-8-14(19)15(20)9-13/h7-9,12H,5-6,10H2,1-4H3/b21-17-. The Morgan fingerprint density at radius 3 is 2.42 bits per heavy atom. The molecule has 0 spiro atoms. The monoisotopic (exact) mass is 432 g/mol. The van der Waals surface area contributed by atoms with Crippen molar-refractivity contribution in [2.24, 2.45) is 10.3 Å². The van der Waals surface area contributed by atoms with E-state index in [9.17, 15) is 8.42 Å². The molecule has 2 aromatic rings. The third-order valence-electron chi connectivity index (χ3n) is 4.36. The SMILES string of the molecule is Cc1c(C(C)(C)C)s/c(=N\S(=O)(=O)c2ccc(Cl)c(Cl)c2)n1CC1CC1. The minimum atomic E-state index is -3.87. The number of sulfonamides is 1. The van der Waals surface area contributed by atoms with Crippen molar-refractivity contribution in [2.45, 2.75) is 57.4 Å². The largest absolute Gasteiger partial charge is 0.320 e. The van der Waals surface area contributed by atoms with E-state index in [1.165, 1.54) is 42.4 Å². The lowest BCUT2D eigenvalue weighted by Crippen LogP contribution is -2.20. The Bertz CT molecular complexity index is 1010. The summed E-state index contributed by atoms with van der Waals surface area (Å²) in [5.74, 6) is 0.614. The van der Waals surface area contributed by atoms with Gasteiger partial charge in [-0.15, -0.1) is 15.7 Å². The van der Waals surface area contributed by atoms with Crippen molar-refractivity contribution in [1.29, 1.82) is 0 Å². The molecule has 0 N–H and O–H groups in total. The van der Waals surface area contributed by atoms with Crippen LogP contribution in [0.2, 0.25) is 10.0 Å². The normalized spacial score (nSPS) is 16.3. The first-order valence-corrected chi connectivity index (χ1v) is 11.5. The van der Waals surface area contributed by atoms with Gasteiger partial charge in [0, 0.05) is 17.1 Å². The molecule has 0 radical (unpaired) electrons. The van der Waals surface area contributed by atoms with Gasteiger partial charge in [0.2, 0.25) is 4.80 Å². The van der Waals surface area contributed by atoms with Crippen LogP contribution in [0.1, 0.15) is 44.2 Å². The zero-order valence-electron chi connectivity index (χ0n) is 15.2. The lowest BCUT2D eigenvalue weighted by Gasteiger charge is -2.17. The number of thiazole rings is 1. The molecule has 1 aromatic carbocycles. The van der Waals surface area contributed by atoms with Crippen molar-refractivity contribution in [2.75, 3.05) is 0 Å². The molecule has 26 heavy (non-hydrogen) atoms. The number of hydrogen-bond donors (Lipinski definition) is 0. The quantitative estimate of drug-likeness (QED) is 0.669. The highest BCUT2D eigenvalue weighted by Crippen LogP contribution is 2.34.